The fourth-order valence-corrected chi connectivity index (χ4v) is 3.10. The molecule has 0 saturated heterocycles. The number of anilines is 1. The van der Waals surface area contributed by atoms with Gasteiger partial charge in [-0.1, -0.05) is 49.1 Å². The molecule has 3 rings (SSSR count). The summed E-state index contributed by atoms with van der Waals surface area (Å²) in [6.07, 6.45) is 7.46. The van der Waals surface area contributed by atoms with E-state index in [0.717, 1.165) is 33.7 Å². The SMILES string of the molecule is C=C(C)c1cccc(C2=CC=C(/C=c3\c(C)c(C)c(N)nc3=C)C2)c1. The molecule has 1 aromatic carbocycles. The Balaban J connectivity index is 1.91. The van der Waals surface area contributed by atoms with Crippen molar-refractivity contribution in [1.29, 1.82) is 0 Å². The van der Waals surface area contributed by atoms with Crippen molar-refractivity contribution in [1.82, 2.24) is 4.98 Å². The largest absolute Gasteiger partial charge is 0.383 e. The van der Waals surface area contributed by atoms with E-state index in [1.807, 2.05) is 13.8 Å². The maximum atomic E-state index is 5.94. The van der Waals surface area contributed by atoms with Gasteiger partial charge in [0, 0.05) is 5.22 Å². The van der Waals surface area contributed by atoms with E-state index in [9.17, 15) is 0 Å². The summed E-state index contributed by atoms with van der Waals surface area (Å²) in [5.41, 5.74) is 14.2. The van der Waals surface area contributed by atoms with E-state index in [2.05, 4.69) is 67.6 Å². The molecule has 0 atom stereocenters. The van der Waals surface area contributed by atoms with Crippen LogP contribution in [0.1, 0.15) is 35.6 Å². The van der Waals surface area contributed by atoms with Gasteiger partial charge in [-0.3, -0.25) is 0 Å². The van der Waals surface area contributed by atoms with Crippen LogP contribution in [-0.4, -0.2) is 4.98 Å². The van der Waals surface area contributed by atoms with E-state index < -0.39 is 0 Å². The zero-order valence-corrected chi connectivity index (χ0v) is 15.2. The molecule has 2 aromatic rings. The predicted octanol–water partition coefficient (Wildman–Crippen LogP) is 3.92. The van der Waals surface area contributed by atoms with Crippen LogP contribution in [0.5, 0.6) is 0 Å². The number of nitrogens with two attached hydrogens (primary N) is 1. The van der Waals surface area contributed by atoms with Crippen LogP contribution >= 0.6 is 0 Å². The standard InChI is InChI=1S/C23H24N2/c1-14(2)19-7-6-8-20(13-19)21-10-9-18(11-21)12-22-15(3)16(4)23(24)25-17(22)5/h6-10,12-13H,1,5,11H2,2-4H3,(H2,24,25)/b22-12+. The topological polar surface area (TPSA) is 38.9 Å². The first-order valence-corrected chi connectivity index (χ1v) is 8.46. The van der Waals surface area contributed by atoms with Crippen molar-refractivity contribution in [2.75, 3.05) is 5.73 Å². The highest BCUT2D eigenvalue weighted by Gasteiger charge is 2.10. The molecule has 0 radical (unpaired) electrons. The zero-order chi connectivity index (χ0) is 18.1. The van der Waals surface area contributed by atoms with Gasteiger partial charge < -0.3 is 5.73 Å². The Hall–Kier alpha value is -2.87. The van der Waals surface area contributed by atoms with Gasteiger partial charge >= 0.3 is 0 Å². The van der Waals surface area contributed by atoms with Crippen LogP contribution in [0, 0.1) is 13.8 Å². The van der Waals surface area contributed by atoms with Crippen LogP contribution in [0.15, 0.2) is 48.6 Å². The summed E-state index contributed by atoms with van der Waals surface area (Å²) < 4.78 is 0. The third-order valence-electron chi connectivity index (χ3n) is 4.87. The molecule has 2 nitrogen and oxygen atoms in total. The summed E-state index contributed by atoms with van der Waals surface area (Å²) in [7, 11) is 0. The van der Waals surface area contributed by atoms with E-state index in [0.29, 0.717) is 5.82 Å². The number of hydrogen-bond acceptors (Lipinski definition) is 2. The molecule has 0 saturated carbocycles. The smallest absolute Gasteiger partial charge is 0.127 e. The lowest BCUT2D eigenvalue weighted by Gasteiger charge is -2.08. The number of hydrogen-bond donors (Lipinski definition) is 1. The van der Waals surface area contributed by atoms with Crippen molar-refractivity contribution in [2.24, 2.45) is 0 Å². The van der Waals surface area contributed by atoms with Crippen molar-refractivity contribution in [3.8, 4) is 0 Å². The van der Waals surface area contributed by atoms with Crippen LogP contribution < -0.4 is 16.3 Å². The normalized spacial score (nSPS) is 14.4. The number of pyridine rings is 1. The first-order valence-electron chi connectivity index (χ1n) is 8.46. The fraction of sp³-hybridized carbons (Fsp3) is 0.174. The van der Waals surface area contributed by atoms with Crippen LogP contribution in [0.4, 0.5) is 5.82 Å². The summed E-state index contributed by atoms with van der Waals surface area (Å²) in [5, 5.41) is 1.81. The quantitative estimate of drug-likeness (QED) is 0.927. The van der Waals surface area contributed by atoms with Gasteiger partial charge in [0.05, 0.1) is 5.35 Å². The van der Waals surface area contributed by atoms with Gasteiger partial charge in [-0.2, -0.15) is 0 Å². The molecule has 2 N–H and O–H groups in total. The minimum absolute atomic E-state index is 0.565. The molecule has 2 heteroatoms. The first-order chi connectivity index (χ1) is 11.9. The Morgan fingerprint density at radius 3 is 2.68 bits per heavy atom. The zero-order valence-electron chi connectivity index (χ0n) is 15.2. The minimum atomic E-state index is 0.565. The van der Waals surface area contributed by atoms with Crippen LogP contribution in [0.3, 0.4) is 0 Å². The Labute approximate surface area is 149 Å². The van der Waals surface area contributed by atoms with E-state index in [4.69, 9.17) is 5.73 Å². The van der Waals surface area contributed by atoms with Crippen molar-refractivity contribution in [3.05, 3.63) is 81.4 Å². The molecule has 1 heterocycles. The summed E-state index contributed by atoms with van der Waals surface area (Å²) in [6.45, 7) is 14.2. The van der Waals surface area contributed by atoms with Crippen LogP contribution in [0.2, 0.25) is 0 Å². The molecule has 1 aromatic heterocycles. The van der Waals surface area contributed by atoms with Gasteiger partial charge in [0.25, 0.3) is 0 Å². The summed E-state index contributed by atoms with van der Waals surface area (Å²) in [6, 6.07) is 8.55. The second kappa shape index (κ2) is 6.56. The summed E-state index contributed by atoms with van der Waals surface area (Å²) in [4.78, 5) is 4.37. The van der Waals surface area contributed by atoms with Crippen molar-refractivity contribution in [3.63, 3.8) is 0 Å². The number of rotatable bonds is 3. The second-order valence-electron chi connectivity index (χ2n) is 6.72. The lowest BCUT2D eigenvalue weighted by atomic mass is 9.98. The van der Waals surface area contributed by atoms with Crippen molar-refractivity contribution < 1.29 is 0 Å². The molecule has 1 aliphatic carbocycles. The lowest BCUT2D eigenvalue weighted by molar-refractivity contribution is 1.15. The average Bonchev–Trinajstić information content (AvgIpc) is 3.05. The predicted molar refractivity (Wildman–Crippen MR) is 109 cm³/mol. The summed E-state index contributed by atoms with van der Waals surface area (Å²) >= 11 is 0. The highest BCUT2D eigenvalue weighted by atomic mass is 14.8. The molecule has 0 amide bonds. The number of nitrogens with zero attached hydrogens (tertiary/aromatic N) is 1. The molecule has 25 heavy (non-hydrogen) atoms. The molecule has 1 aliphatic rings. The van der Waals surface area contributed by atoms with Crippen molar-refractivity contribution >= 4 is 29.6 Å². The van der Waals surface area contributed by atoms with Crippen LogP contribution in [-0.2, 0) is 0 Å². The minimum Gasteiger partial charge on any atom is -0.383 e. The Morgan fingerprint density at radius 1 is 1.20 bits per heavy atom. The summed E-state index contributed by atoms with van der Waals surface area (Å²) in [5.74, 6) is 0.565. The Bertz CT molecular complexity index is 1040. The van der Waals surface area contributed by atoms with E-state index >= 15 is 0 Å². The van der Waals surface area contributed by atoms with Gasteiger partial charge in [-0.15, -0.1) is 0 Å². The van der Waals surface area contributed by atoms with Crippen molar-refractivity contribution in [2.45, 2.75) is 27.2 Å². The molecular formula is C23H24N2. The van der Waals surface area contributed by atoms with Gasteiger partial charge in [-0.25, -0.2) is 4.98 Å². The van der Waals surface area contributed by atoms with Gasteiger partial charge in [0.2, 0.25) is 0 Å². The number of nitrogen functional groups attached to an aromatic ring is 1. The second-order valence-corrected chi connectivity index (χ2v) is 6.72. The monoisotopic (exact) mass is 328 g/mol. The molecule has 126 valence electrons. The third kappa shape index (κ3) is 3.34. The molecular weight excluding hydrogens is 304 g/mol. The molecule has 0 spiro atoms. The third-order valence-corrected chi connectivity index (χ3v) is 4.87. The highest BCUT2D eigenvalue weighted by Crippen LogP contribution is 2.30. The highest BCUT2D eigenvalue weighted by molar-refractivity contribution is 5.78. The number of benzene rings is 1. The molecule has 0 unspecified atom stereocenters. The Kier molecular flexibility index (Phi) is 4.45. The van der Waals surface area contributed by atoms with Gasteiger partial charge in [-0.05, 0) is 72.7 Å². The van der Waals surface area contributed by atoms with Crippen LogP contribution in [0.25, 0.3) is 23.8 Å². The maximum absolute atomic E-state index is 5.94. The average molecular weight is 328 g/mol. The van der Waals surface area contributed by atoms with E-state index in [1.54, 1.807) is 0 Å². The van der Waals surface area contributed by atoms with E-state index in [-0.39, 0.29) is 0 Å². The number of aromatic nitrogens is 1. The Morgan fingerprint density at radius 2 is 1.96 bits per heavy atom. The fourth-order valence-electron chi connectivity index (χ4n) is 3.10. The molecule has 0 bridgehead atoms. The molecule has 0 fully saturated rings. The van der Waals surface area contributed by atoms with E-state index in [1.165, 1.54) is 22.3 Å². The maximum Gasteiger partial charge on any atom is 0.127 e. The lowest BCUT2D eigenvalue weighted by Crippen LogP contribution is -2.31. The first kappa shape index (κ1) is 17.0. The van der Waals surface area contributed by atoms with Gasteiger partial charge in [0.15, 0.2) is 0 Å². The molecule has 0 aliphatic heterocycles. The van der Waals surface area contributed by atoms with Gasteiger partial charge in [0.1, 0.15) is 5.82 Å². The number of allylic oxidation sites excluding steroid dienone is 5.